The highest BCUT2D eigenvalue weighted by Crippen LogP contribution is 2.49. The van der Waals surface area contributed by atoms with E-state index in [1.165, 1.54) is 27.7 Å². The van der Waals surface area contributed by atoms with Crippen molar-refractivity contribution in [2.24, 2.45) is 4.99 Å². The zero-order valence-electron chi connectivity index (χ0n) is 16.8. The van der Waals surface area contributed by atoms with E-state index >= 15 is 0 Å². The zero-order valence-corrected chi connectivity index (χ0v) is 17.6. The van der Waals surface area contributed by atoms with Gasteiger partial charge in [0.25, 0.3) is 0 Å². The predicted molar refractivity (Wildman–Crippen MR) is 111 cm³/mol. The first-order valence-electron chi connectivity index (χ1n) is 9.60. The molecule has 0 aliphatic carbocycles. The summed E-state index contributed by atoms with van der Waals surface area (Å²) in [6.07, 6.45) is 1.88. The third-order valence-electron chi connectivity index (χ3n) is 5.84. The molecule has 2 aliphatic heterocycles. The molecule has 2 aromatic heterocycles. The largest absolute Gasteiger partial charge is 0.383 e. The van der Waals surface area contributed by atoms with Crippen LogP contribution in [0.3, 0.4) is 0 Å². The lowest BCUT2D eigenvalue weighted by atomic mass is 9.93. The van der Waals surface area contributed by atoms with Gasteiger partial charge in [0.2, 0.25) is 0 Å². The Morgan fingerprint density at radius 3 is 2.74 bits per heavy atom. The maximum Gasteiger partial charge on any atom is 0.160 e. The molecule has 144 valence electrons. The second kappa shape index (κ2) is 7.32. The third kappa shape index (κ3) is 3.09. The van der Waals surface area contributed by atoms with Gasteiger partial charge in [0.15, 0.2) is 5.17 Å². The normalized spacial score (nSPS) is 24.4. The highest BCUT2D eigenvalue weighted by Gasteiger charge is 2.45. The second-order valence-corrected chi connectivity index (χ2v) is 8.90. The third-order valence-corrected chi connectivity index (χ3v) is 6.94. The van der Waals surface area contributed by atoms with Crippen molar-refractivity contribution in [3.8, 4) is 0 Å². The minimum atomic E-state index is 0.0521. The highest BCUT2D eigenvalue weighted by molar-refractivity contribution is 8.14. The summed E-state index contributed by atoms with van der Waals surface area (Å²) in [4.78, 5) is 12.3. The molecular weight excluding hydrogens is 356 g/mol. The van der Waals surface area contributed by atoms with Crippen molar-refractivity contribution in [1.82, 2.24) is 14.5 Å². The SMILES string of the molecule is COCCn1c(C)c(C)c([C@@H]2[C@@H](c3ccccn3)N=C3S[C@@H](C)CN32)c1C. The number of ether oxygens (including phenoxy) is 1. The summed E-state index contributed by atoms with van der Waals surface area (Å²) in [5, 5.41) is 1.75. The Hall–Kier alpha value is -1.79. The molecule has 2 aliphatic rings. The topological polar surface area (TPSA) is 42.6 Å². The lowest BCUT2D eigenvalue weighted by Crippen LogP contribution is -2.29. The van der Waals surface area contributed by atoms with Gasteiger partial charge in [-0.2, -0.15) is 0 Å². The van der Waals surface area contributed by atoms with Gasteiger partial charge in [-0.3, -0.25) is 9.98 Å². The van der Waals surface area contributed by atoms with Gasteiger partial charge in [-0.25, -0.2) is 0 Å². The Balaban J connectivity index is 1.81. The number of aliphatic imine (C=N–C) groups is 1. The van der Waals surface area contributed by atoms with Gasteiger partial charge < -0.3 is 14.2 Å². The molecule has 0 aromatic carbocycles. The number of fused-ring (bicyclic) bond motifs is 1. The van der Waals surface area contributed by atoms with Crippen molar-refractivity contribution in [2.75, 3.05) is 20.3 Å². The molecule has 0 bridgehead atoms. The lowest BCUT2D eigenvalue weighted by Gasteiger charge is -2.28. The molecule has 0 radical (unpaired) electrons. The molecule has 5 nitrogen and oxygen atoms in total. The molecule has 27 heavy (non-hydrogen) atoms. The van der Waals surface area contributed by atoms with Crippen molar-refractivity contribution in [3.63, 3.8) is 0 Å². The average Bonchev–Trinajstić information content (AvgIpc) is 3.25. The summed E-state index contributed by atoms with van der Waals surface area (Å²) >= 11 is 1.89. The molecule has 4 rings (SSSR count). The van der Waals surface area contributed by atoms with Crippen molar-refractivity contribution >= 4 is 16.9 Å². The van der Waals surface area contributed by atoms with Crippen LogP contribution >= 0.6 is 11.8 Å². The van der Waals surface area contributed by atoms with Gasteiger partial charge in [0, 0.05) is 48.6 Å². The monoisotopic (exact) mass is 384 g/mol. The van der Waals surface area contributed by atoms with Gasteiger partial charge in [-0.05, 0) is 38.5 Å². The van der Waals surface area contributed by atoms with E-state index in [9.17, 15) is 0 Å². The van der Waals surface area contributed by atoms with Crippen LogP contribution in [0.4, 0.5) is 0 Å². The van der Waals surface area contributed by atoms with Gasteiger partial charge >= 0.3 is 0 Å². The average molecular weight is 385 g/mol. The fraction of sp³-hybridized carbons (Fsp3) is 0.524. The van der Waals surface area contributed by atoms with E-state index in [-0.39, 0.29) is 12.1 Å². The quantitative estimate of drug-likeness (QED) is 0.780. The number of aromatic nitrogens is 2. The molecule has 6 heteroatoms. The summed E-state index contributed by atoms with van der Waals surface area (Å²) in [7, 11) is 1.76. The minimum absolute atomic E-state index is 0.0521. The van der Waals surface area contributed by atoms with Crippen LogP contribution in [-0.2, 0) is 11.3 Å². The Bertz CT molecular complexity index is 861. The number of methoxy groups -OCH3 is 1. The molecule has 0 unspecified atom stereocenters. The smallest absolute Gasteiger partial charge is 0.160 e. The predicted octanol–water partition coefficient (Wildman–Crippen LogP) is 4.04. The van der Waals surface area contributed by atoms with E-state index in [1.54, 1.807) is 7.11 Å². The summed E-state index contributed by atoms with van der Waals surface area (Å²) in [5.74, 6) is 0. The van der Waals surface area contributed by atoms with E-state index in [4.69, 9.17) is 9.73 Å². The van der Waals surface area contributed by atoms with E-state index in [0.29, 0.717) is 5.25 Å². The first-order valence-corrected chi connectivity index (χ1v) is 10.5. The fourth-order valence-electron chi connectivity index (χ4n) is 4.45. The molecule has 2 aromatic rings. The maximum atomic E-state index is 5.34. The lowest BCUT2D eigenvalue weighted by molar-refractivity contribution is 0.186. The standard InChI is InChI=1S/C21H28N4OS/c1-13-12-25-20(18-14(2)15(3)24(16(18)4)10-11-26-5)19(23-21(25)27-13)17-8-6-7-9-22-17/h6-9,13,19-20H,10-12H2,1-5H3/t13-,19+,20+/m0/s1. The second-order valence-electron chi connectivity index (χ2n) is 7.49. The Kier molecular flexibility index (Phi) is 5.03. The van der Waals surface area contributed by atoms with Crippen LogP contribution in [0, 0.1) is 20.8 Å². The van der Waals surface area contributed by atoms with E-state index in [2.05, 4.69) is 54.3 Å². The first-order chi connectivity index (χ1) is 13.0. The van der Waals surface area contributed by atoms with Crippen LogP contribution in [0.2, 0.25) is 0 Å². The Morgan fingerprint density at radius 1 is 1.22 bits per heavy atom. The Morgan fingerprint density at radius 2 is 2.04 bits per heavy atom. The first kappa shape index (κ1) is 18.6. The minimum Gasteiger partial charge on any atom is -0.383 e. The molecule has 1 fully saturated rings. The van der Waals surface area contributed by atoms with Crippen LogP contribution in [0.25, 0.3) is 0 Å². The van der Waals surface area contributed by atoms with Gasteiger partial charge in [-0.15, -0.1) is 0 Å². The van der Waals surface area contributed by atoms with Crippen molar-refractivity contribution in [3.05, 3.63) is 52.6 Å². The van der Waals surface area contributed by atoms with Crippen LogP contribution < -0.4 is 0 Å². The van der Waals surface area contributed by atoms with Crippen molar-refractivity contribution < 1.29 is 4.74 Å². The number of amidine groups is 1. The molecule has 0 spiro atoms. The highest BCUT2D eigenvalue weighted by atomic mass is 32.2. The van der Waals surface area contributed by atoms with E-state index < -0.39 is 0 Å². The summed E-state index contributed by atoms with van der Waals surface area (Å²) in [6.45, 7) is 11.6. The molecule has 0 amide bonds. The Labute approximate surface area is 165 Å². The summed E-state index contributed by atoms with van der Waals surface area (Å²) in [6, 6.07) is 6.41. The van der Waals surface area contributed by atoms with Crippen LogP contribution in [-0.4, -0.2) is 45.1 Å². The molecule has 3 atom stereocenters. The number of hydrogen-bond donors (Lipinski definition) is 0. The number of hydrogen-bond acceptors (Lipinski definition) is 5. The fourth-order valence-corrected chi connectivity index (χ4v) is 5.54. The number of rotatable bonds is 5. The van der Waals surface area contributed by atoms with E-state index in [1.807, 2.05) is 24.0 Å². The zero-order chi connectivity index (χ0) is 19.1. The number of nitrogens with zero attached hydrogens (tertiary/aromatic N) is 4. The molecule has 1 saturated heterocycles. The van der Waals surface area contributed by atoms with Crippen LogP contribution in [0.5, 0.6) is 0 Å². The summed E-state index contributed by atoms with van der Waals surface area (Å²) < 4.78 is 7.73. The number of pyridine rings is 1. The maximum absolute atomic E-state index is 5.34. The van der Waals surface area contributed by atoms with Crippen LogP contribution in [0.1, 0.15) is 47.2 Å². The molecular formula is C21H28N4OS. The van der Waals surface area contributed by atoms with Gasteiger partial charge in [0.05, 0.1) is 18.3 Å². The summed E-state index contributed by atoms with van der Waals surface area (Å²) in [5.41, 5.74) is 6.49. The van der Waals surface area contributed by atoms with Crippen molar-refractivity contribution in [2.45, 2.75) is 51.6 Å². The van der Waals surface area contributed by atoms with Gasteiger partial charge in [-0.1, -0.05) is 24.8 Å². The van der Waals surface area contributed by atoms with Gasteiger partial charge in [0.1, 0.15) is 6.04 Å². The van der Waals surface area contributed by atoms with E-state index in [0.717, 1.165) is 25.4 Å². The van der Waals surface area contributed by atoms with Crippen LogP contribution in [0.15, 0.2) is 29.4 Å². The molecule has 4 heterocycles. The number of thioether (sulfide) groups is 1. The van der Waals surface area contributed by atoms with Crippen molar-refractivity contribution in [1.29, 1.82) is 0 Å². The molecule has 0 saturated carbocycles. The molecule has 0 N–H and O–H groups in total.